The third-order valence-corrected chi connectivity index (χ3v) is 5.31. The molecule has 6 heteroatoms. The summed E-state index contributed by atoms with van der Waals surface area (Å²) in [6.07, 6.45) is 0. The maximum atomic E-state index is 6.17. The Morgan fingerprint density at radius 2 is 2.24 bits per heavy atom. The quantitative estimate of drug-likeness (QED) is 0.523. The molecule has 3 aromatic rings. The zero-order valence-electron chi connectivity index (χ0n) is 11.3. The van der Waals surface area contributed by atoms with Crippen LogP contribution in [-0.2, 0) is 5.75 Å². The van der Waals surface area contributed by atoms with E-state index in [4.69, 9.17) is 21.8 Å². The first-order valence-corrected chi connectivity index (χ1v) is 8.56. The van der Waals surface area contributed by atoms with Gasteiger partial charge in [0.1, 0.15) is 5.76 Å². The number of thiophene rings is 1. The number of benzene rings is 1. The van der Waals surface area contributed by atoms with Crippen molar-refractivity contribution in [3.8, 4) is 10.8 Å². The molecular formula is C15H13ClN2OS2. The van der Waals surface area contributed by atoms with Gasteiger partial charge in [0.15, 0.2) is 0 Å². The van der Waals surface area contributed by atoms with Crippen LogP contribution in [0.15, 0.2) is 45.0 Å². The van der Waals surface area contributed by atoms with Crippen molar-refractivity contribution in [2.45, 2.75) is 17.6 Å². The van der Waals surface area contributed by atoms with Crippen LogP contribution in [0.3, 0.4) is 0 Å². The predicted molar refractivity (Wildman–Crippen MR) is 90.0 cm³/mol. The molecule has 0 bridgehead atoms. The minimum Gasteiger partial charge on any atom is -0.440 e. The SMILES string of the molecule is Cc1oc(-c2cccs2)nc1CSc1cc(N)ccc1Cl. The van der Waals surface area contributed by atoms with E-state index in [-0.39, 0.29) is 0 Å². The van der Waals surface area contributed by atoms with Gasteiger partial charge in [-0.25, -0.2) is 4.98 Å². The largest absolute Gasteiger partial charge is 0.440 e. The van der Waals surface area contributed by atoms with Gasteiger partial charge in [0.2, 0.25) is 5.89 Å². The fourth-order valence-corrected chi connectivity index (χ4v) is 3.76. The summed E-state index contributed by atoms with van der Waals surface area (Å²) < 4.78 is 5.73. The van der Waals surface area contributed by atoms with Crippen molar-refractivity contribution < 1.29 is 4.42 Å². The van der Waals surface area contributed by atoms with Crippen molar-refractivity contribution in [2.75, 3.05) is 5.73 Å². The van der Waals surface area contributed by atoms with Gasteiger partial charge in [-0.2, -0.15) is 0 Å². The molecule has 2 aromatic heterocycles. The van der Waals surface area contributed by atoms with Gasteiger partial charge in [0.25, 0.3) is 0 Å². The molecule has 0 amide bonds. The Labute approximate surface area is 136 Å². The lowest BCUT2D eigenvalue weighted by Gasteiger charge is -2.04. The summed E-state index contributed by atoms with van der Waals surface area (Å²) in [4.78, 5) is 6.56. The molecule has 2 heterocycles. The van der Waals surface area contributed by atoms with Gasteiger partial charge in [-0.05, 0) is 36.6 Å². The van der Waals surface area contributed by atoms with Crippen molar-refractivity contribution in [1.82, 2.24) is 4.98 Å². The Kier molecular flexibility index (Phi) is 4.24. The molecule has 0 aliphatic rings. The average Bonchev–Trinajstić information content (AvgIpc) is 3.09. The standard InChI is InChI=1S/C15H13ClN2OS2/c1-9-12(18-15(19-9)13-3-2-6-20-13)8-21-14-7-10(17)4-5-11(14)16/h2-7H,8,17H2,1H3. The van der Waals surface area contributed by atoms with Crippen LogP contribution in [0.4, 0.5) is 5.69 Å². The van der Waals surface area contributed by atoms with E-state index in [1.807, 2.05) is 36.6 Å². The van der Waals surface area contributed by atoms with E-state index in [1.165, 1.54) is 0 Å². The molecule has 1 aromatic carbocycles. The molecule has 3 rings (SSSR count). The number of nitrogen functional groups attached to an aromatic ring is 1. The Balaban J connectivity index is 1.78. The molecule has 21 heavy (non-hydrogen) atoms. The summed E-state index contributed by atoms with van der Waals surface area (Å²) in [5.74, 6) is 2.21. The molecule has 0 atom stereocenters. The second-order valence-electron chi connectivity index (χ2n) is 4.48. The first-order valence-electron chi connectivity index (χ1n) is 6.31. The third-order valence-electron chi connectivity index (χ3n) is 2.94. The van der Waals surface area contributed by atoms with Crippen LogP contribution in [0.2, 0.25) is 5.02 Å². The van der Waals surface area contributed by atoms with Crippen LogP contribution >= 0.6 is 34.7 Å². The molecule has 2 N–H and O–H groups in total. The summed E-state index contributed by atoms with van der Waals surface area (Å²) in [5, 5.41) is 2.71. The van der Waals surface area contributed by atoms with Crippen LogP contribution in [0, 0.1) is 6.92 Å². The number of aromatic nitrogens is 1. The summed E-state index contributed by atoms with van der Waals surface area (Å²) >= 11 is 9.39. The smallest absolute Gasteiger partial charge is 0.236 e. The Hall–Kier alpha value is -1.43. The molecule has 0 unspecified atom stereocenters. The number of oxazole rings is 1. The van der Waals surface area contributed by atoms with Crippen LogP contribution < -0.4 is 5.73 Å². The van der Waals surface area contributed by atoms with Gasteiger partial charge in [0, 0.05) is 16.3 Å². The van der Waals surface area contributed by atoms with Gasteiger partial charge in [-0.1, -0.05) is 17.7 Å². The number of halogens is 1. The highest BCUT2D eigenvalue weighted by Gasteiger charge is 2.13. The zero-order valence-corrected chi connectivity index (χ0v) is 13.7. The van der Waals surface area contributed by atoms with Gasteiger partial charge in [0.05, 0.1) is 15.6 Å². The van der Waals surface area contributed by atoms with Crippen molar-refractivity contribution in [1.29, 1.82) is 0 Å². The van der Waals surface area contributed by atoms with Crippen LogP contribution in [0.1, 0.15) is 11.5 Å². The van der Waals surface area contributed by atoms with E-state index in [0.717, 1.165) is 21.2 Å². The molecule has 0 radical (unpaired) electrons. The van der Waals surface area contributed by atoms with Crippen LogP contribution in [0.25, 0.3) is 10.8 Å². The fourth-order valence-electron chi connectivity index (χ4n) is 1.84. The lowest BCUT2D eigenvalue weighted by molar-refractivity contribution is 0.542. The van der Waals surface area contributed by atoms with Gasteiger partial charge in [-0.15, -0.1) is 23.1 Å². The van der Waals surface area contributed by atoms with E-state index >= 15 is 0 Å². The summed E-state index contributed by atoms with van der Waals surface area (Å²) in [6, 6.07) is 9.47. The summed E-state index contributed by atoms with van der Waals surface area (Å²) in [5.41, 5.74) is 7.43. The highest BCUT2D eigenvalue weighted by atomic mass is 35.5. The van der Waals surface area contributed by atoms with Crippen molar-refractivity contribution in [3.05, 3.63) is 52.2 Å². The highest BCUT2D eigenvalue weighted by molar-refractivity contribution is 7.98. The van der Waals surface area contributed by atoms with Crippen molar-refractivity contribution in [2.24, 2.45) is 0 Å². The van der Waals surface area contributed by atoms with Crippen LogP contribution in [0.5, 0.6) is 0 Å². The summed E-state index contributed by atoms with van der Waals surface area (Å²) in [6.45, 7) is 1.93. The normalized spacial score (nSPS) is 11.0. The number of nitrogens with two attached hydrogens (primary N) is 1. The monoisotopic (exact) mass is 336 g/mol. The number of hydrogen-bond donors (Lipinski definition) is 1. The molecule has 0 saturated heterocycles. The second-order valence-corrected chi connectivity index (χ2v) is 6.85. The molecule has 3 nitrogen and oxygen atoms in total. The number of nitrogens with zero attached hydrogens (tertiary/aromatic N) is 1. The Morgan fingerprint density at radius 1 is 1.38 bits per heavy atom. The van der Waals surface area contributed by atoms with Gasteiger partial charge >= 0.3 is 0 Å². The number of rotatable bonds is 4. The molecule has 0 aliphatic heterocycles. The minimum atomic E-state index is 0.678. The number of thioether (sulfide) groups is 1. The molecule has 0 spiro atoms. The first-order chi connectivity index (χ1) is 10.1. The third kappa shape index (κ3) is 3.26. The van der Waals surface area contributed by atoms with Crippen molar-refractivity contribution >= 4 is 40.4 Å². The number of aryl methyl sites for hydroxylation is 1. The highest BCUT2D eigenvalue weighted by Crippen LogP contribution is 2.33. The fraction of sp³-hybridized carbons (Fsp3) is 0.133. The zero-order chi connectivity index (χ0) is 14.8. The lowest BCUT2D eigenvalue weighted by Crippen LogP contribution is -1.87. The molecule has 108 valence electrons. The lowest BCUT2D eigenvalue weighted by atomic mass is 10.3. The second kappa shape index (κ2) is 6.13. The van der Waals surface area contributed by atoms with Crippen molar-refractivity contribution in [3.63, 3.8) is 0 Å². The number of hydrogen-bond acceptors (Lipinski definition) is 5. The van der Waals surface area contributed by atoms with E-state index in [2.05, 4.69) is 4.98 Å². The molecule has 0 fully saturated rings. The minimum absolute atomic E-state index is 0.678. The first kappa shape index (κ1) is 14.5. The topological polar surface area (TPSA) is 52.0 Å². The molecule has 0 aliphatic carbocycles. The maximum absolute atomic E-state index is 6.17. The van der Waals surface area contributed by atoms with E-state index in [9.17, 15) is 0 Å². The number of anilines is 1. The predicted octanol–water partition coefficient (Wildman–Crippen LogP) is 5.24. The van der Waals surface area contributed by atoms with E-state index in [0.29, 0.717) is 22.4 Å². The average molecular weight is 337 g/mol. The maximum Gasteiger partial charge on any atom is 0.236 e. The summed E-state index contributed by atoms with van der Waals surface area (Å²) in [7, 11) is 0. The Morgan fingerprint density at radius 3 is 3.00 bits per heavy atom. The van der Waals surface area contributed by atoms with Crippen LogP contribution in [-0.4, -0.2) is 4.98 Å². The van der Waals surface area contributed by atoms with Gasteiger partial charge in [-0.3, -0.25) is 0 Å². The van der Waals surface area contributed by atoms with E-state index in [1.54, 1.807) is 29.2 Å². The Bertz CT molecular complexity index is 753. The van der Waals surface area contributed by atoms with E-state index < -0.39 is 0 Å². The van der Waals surface area contributed by atoms with Gasteiger partial charge < -0.3 is 10.2 Å². The molecular weight excluding hydrogens is 324 g/mol. The molecule has 0 saturated carbocycles.